The molecule has 3 N–H and O–H groups in total. The summed E-state index contributed by atoms with van der Waals surface area (Å²) in [4.78, 5) is 4.95. The van der Waals surface area contributed by atoms with Gasteiger partial charge in [0.25, 0.3) is 0 Å². The van der Waals surface area contributed by atoms with Crippen molar-refractivity contribution in [2.24, 2.45) is 5.92 Å². The number of aromatic nitrogens is 1. The topological polar surface area (TPSA) is 50.9 Å². The van der Waals surface area contributed by atoms with Crippen molar-refractivity contribution in [3.05, 3.63) is 11.1 Å². The van der Waals surface area contributed by atoms with Gasteiger partial charge in [0.05, 0.1) is 5.92 Å². The second-order valence-corrected chi connectivity index (χ2v) is 5.78. The van der Waals surface area contributed by atoms with E-state index in [9.17, 15) is 13.2 Å². The second-order valence-electron chi connectivity index (χ2n) is 4.64. The first-order valence-electron chi connectivity index (χ1n) is 5.95. The third-order valence-corrected chi connectivity index (χ3v) is 4.15. The molecule has 1 fully saturated rings. The summed E-state index contributed by atoms with van der Waals surface area (Å²) in [6.45, 7) is 0.635. The highest BCUT2D eigenvalue weighted by molar-refractivity contribution is 7.15. The molecule has 0 saturated heterocycles. The van der Waals surface area contributed by atoms with Gasteiger partial charge in [0.1, 0.15) is 0 Å². The molecule has 2 rings (SSSR count). The summed E-state index contributed by atoms with van der Waals surface area (Å²) in [6, 6.07) is 0.173. The van der Waals surface area contributed by atoms with Crippen LogP contribution in [-0.2, 0) is 6.54 Å². The Bertz CT molecular complexity index is 389. The molecule has 1 aliphatic carbocycles. The zero-order chi connectivity index (χ0) is 13.2. The smallest absolute Gasteiger partial charge is 0.375 e. The molecule has 3 nitrogen and oxygen atoms in total. The molecule has 0 unspecified atom stereocenters. The van der Waals surface area contributed by atoms with E-state index < -0.39 is 12.1 Å². The molecule has 1 aromatic heterocycles. The van der Waals surface area contributed by atoms with E-state index in [0.717, 1.165) is 4.88 Å². The van der Waals surface area contributed by atoms with Crippen LogP contribution in [-0.4, -0.2) is 17.2 Å². The summed E-state index contributed by atoms with van der Waals surface area (Å²) in [5, 5.41) is 3.79. The van der Waals surface area contributed by atoms with E-state index >= 15 is 0 Å². The van der Waals surface area contributed by atoms with E-state index in [4.69, 9.17) is 5.73 Å². The van der Waals surface area contributed by atoms with Crippen molar-refractivity contribution in [3.8, 4) is 0 Å². The molecule has 0 amide bonds. The maximum atomic E-state index is 12.5. The van der Waals surface area contributed by atoms with Crippen LogP contribution in [0.2, 0.25) is 0 Å². The Kier molecular flexibility index (Phi) is 5.88. The minimum absolute atomic E-state index is 0. The molecule has 0 atom stereocenters. The van der Waals surface area contributed by atoms with Gasteiger partial charge in [-0.1, -0.05) is 0 Å². The summed E-state index contributed by atoms with van der Waals surface area (Å²) in [7, 11) is 0. The number of thiazole rings is 1. The van der Waals surface area contributed by atoms with E-state index in [2.05, 4.69) is 10.3 Å². The molecule has 0 radical (unpaired) electrons. The van der Waals surface area contributed by atoms with Crippen molar-refractivity contribution in [1.82, 2.24) is 10.3 Å². The minimum atomic E-state index is -4.03. The number of nitrogens with zero attached hydrogens (tertiary/aromatic N) is 1. The van der Waals surface area contributed by atoms with Crippen LogP contribution in [0.15, 0.2) is 6.20 Å². The Balaban J connectivity index is 0.00000180. The van der Waals surface area contributed by atoms with Crippen molar-refractivity contribution >= 4 is 28.9 Å². The summed E-state index contributed by atoms with van der Waals surface area (Å²) in [5.74, 6) is -1.12. The first kappa shape index (κ1) is 16.5. The van der Waals surface area contributed by atoms with Gasteiger partial charge in [-0.3, -0.25) is 0 Å². The minimum Gasteiger partial charge on any atom is -0.375 e. The predicted octanol–water partition coefficient (Wildman–Crippen LogP) is 3.36. The average Bonchev–Trinajstić information content (AvgIpc) is 2.72. The number of alkyl halides is 3. The first-order chi connectivity index (χ1) is 8.45. The normalized spacial score (nSPS) is 23.9. The van der Waals surface area contributed by atoms with Crippen LogP contribution < -0.4 is 11.1 Å². The van der Waals surface area contributed by atoms with Crippen LogP contribution in [0.1, 0.15) is 30.6 Å². The Morgan fingerprint density at radius 3 is 2.42 bits per heavy atom. The summed E-state index contributed by atoms with van der Waals surface area (Å²) in [6.07, 6.45) is -0.708. The number of halogens is 4. The fourth-order valence-corrected chi connectivity index (χ4v) is 2.91. The van der Waals surface area contributed by atoms with E-state index in [0.29, 0.717) is 24.5 Å². The molecule has 1 heterocycles. The molecule has 0 aromatic carbocycles. The fraction of sp³-hybridized carbons (Fsp3) is 0.727. The third-order valence-electron chi connectivity index (χ3n) is 3.33. The van der Waals surface area contributed by atoms with Crippen LogP contribution in [0.3, 0.4) is 0 Å². The number of hydrogen-bond donors (Lipinski definition) is 2. The fourth-order valence-electron chi connectivity index (χ4n) is 2.27. The van der Waals surface area contributed by atoms with Gasteiger partial charge >= 0.3 is 6.18 Å². The Morgan fingerprint density at radius 2 is 1.95 bits per heavy atom. The van der Waals surface area contributed by atoms with Gasteiger partial charge in [-0.15, -0.1) is 23.7 Å². The monoisotopic (exact) mass is 315 g/mol. The number of hydrogen-bond acceptors (Lipinski definition) is 4. The van der Waals surface area contributed by atoms with Crippen LogP contribution in [0.25, 0.3) is 0 Å². The lowest BCUT2D eigenvalue weighted by Crippen LogP contribution is -2.36. The number of nitrogen functional groups attached to an aromatic ring is 1. The maximum Gasteiger partial charge on any atom is 0.391 e. The van der Waals surface area contributed by atoms with Crippen LogP contribution in [0.5, 0.6) is 0 Å². The molecule has 1 aliphatic rings. The molecule has 1 aromatic rings. The summed E-state index contributed by atoms with van der Waals surface area (Å²) < 4.78 is 37.4. The van der Waals surface area contributed by atoms with E-state index in [-0.39, 0.29) is 31.3 Å². The van der Waals surface area contributed by atoms with Gasteiger partial charge in [-0.2, -0.15) is 13.2 Å². The first-order valence-corrected chi connectivity index (χ1v) is 6.77. The number of anilines is 1. The largest absolute Gasteiger partial charge is 0.391 e. The van der Waals surface area contributed by atoms with E-state index in [1.54, 1.807) is 6.20 Å². The number of rotatable bonds is 3. The van der Waals surface area contributed by atoms with Crippen LogP contribution >= 0.6 is 23.7 Å². The van der Waals surface area contributed by atoms with Gasteiger partial charge in [0.2, 0.25) is 0 Å². The lowest BCUT2D eigenvalue weighted by molar-refractivity contribution is -0.182. The Morgan fingerprint density at radius 1 is 1.32 bits per heavy atom. The zero-order valence-electron chi connectivity index (χ0n) is 10.2. The maximum absolute atomic E-state index is 12.5. The van der Waals surface area contributed by atoms with E-state index in [1.165, 1.54) is 11.3 Å². The zero-order valence-corrected chi connectivity index (χ0v) is 11.9. The molecular weight excluding hydrogens is 299 g/mol. The summed E-state index contributed by atoms with van der Waals surface area (Å²) in [5.41, 5.74) is 5.51. The molecule has 8 heteroatoms. The molecule has 110 valence electrons. The van der Waals surface area contributed by atoms with Crippen molar-refractivity contribution in [2.45, 2.75) is 44.4 Å². The SMILES string of the molecule is Cl.Nc1ncc(CNC2CCC(C(F)(F)F)CC2)s1. The Labute approximate surface area is 120 Å². The average molecular weight is 316 g/mol. The van der Waals surface area contributed by atoms with Crippen molar-refractivity contribution < 1.29 is 13.2 Å². The number of nitrogens with one attached hydrogen (secondary N) is 1. The number of nitrogens with two attached hydrogens (primary N) is 1. The second kappa shape index (κ2) is 6.76. The molecule has 1 saturated carbocycles. The van der Waals surface area contributed by atoms with Crippen molar-refractivity contribution in [1.29, 1.82) is 0 Å². The molecule has 19 heavy (non-hydrogen) atoms. The van der Waals surface area contributed by atoms with Gasteiger partial charge < -0.3 is 11.1 Å². The highest BCUT2D eigenvalue weighted by Crippen LogP contribution is 2.37. The highest BCUT2D eigenvalue weighted by Gasteiger charge is 2.41. The Hall–Kier alpha value is -0.530. The van der Waals surface area contributed by atoms with Gasteiger partial charge in [-0.05, 0) is 25.7 Å². The van der Waals surface area contributed by atoms with Crippen molar-refractivity contribution in [2.75, 3.05) is 5.73 Å². The van der Waals surface area contributed by atoms with E-state index in [1.807, 2.05) is 0 Å². The predicted molar refractivity (Wildman–Crippen MR) is 72.4 cm³/mol. The summed E-state index contributed by atoms with van der Waals surface area (Å²) >= 11 is 1.41. The molecule has 0 aliphatic heterocycles. The van der Waals surface area contributed by atoms with Crippen LogP contribution in [0, 0.1) is 5.92 Å². The van der Waals surface area contributed by atoms with Gasteiger partial charge in [0, 0.05) is 23.7 Å². The van der Waals surface area contributed by atoms with Gasteiger partial charge in [0.15, 0.2) is 5.13 Å². The lowest BCUT2D eigenvalue weighted by Gasteiger charge is -2.30. The third kappa shape index (κ3) is 4.81. The van der Waals surface area contributed by atoms with Crippen molar-refractivity contribution in [3.63, 3.8) is 0 Å². The standard InChI is InChI=1S/C11H16F3N3S.ClH/c12-11(13,14)7-1-3-8(4-2-7)16-5-9-6-17-10(15)18-9;/h6-8,16H,1-5H2,(H2,15,17);1H. The quantitative estimate of drug-likeness (QED) is 0.899. The molecular formula is C11H17ClF3N3S. The lowest BCUT2D eigenvalue weighted by atomic mass is 9.85. The molecule has 0 spiro atoms. The highest BCUT2D eigenvalue weighted by atomic mass is 35.5. The molecule has 0 bridgehead atoms. The van der Waals surface area contributed by atoms with Gasteiger partial charge in [-0.25, -0.2) is 4.98 Å². The van der Waals surface area contributed by atoms with Crippen LogP contribution in [0.4, 0.5) is 18.3 Å².